The molecular formula is C25H24O10. The van der Waals surface area contributed by atoms with Crippen molar-refractivity contribution in [2.45, 2.75) is 24.6 Å². The standard InChI is InChI=1S/C25H24O10/c1-31-18-7-13(11-3-5-12(27)6-4-11)23(32-2)24-20(18)14-8-17(15(28)9-16(14)33-24)34-25-22(30)21(29)19(10-26)35-25/h3-9,19,21-22,25-30H,10H2,1-2H3/t19-,21+,22-,25-/m0/s1. The number of ether oxygens (including phenoxy) is 4. The van der Waals surface area contributed by atoms with Gasteiger partial charge < -0.3 is 48.9 Å². The van der Waals surface area contributed by atoms with E-state index in [9.17, 15) is 25.5 Å². The molecule has 1 saturated heterocycles. The molecule has 0 amide bonds. The minimum absolute atomic E-state index is 0.0290. The second-order valence-electron chi connectivity index (χ2n) is 8.15. The molecular weight excluding hydrogens is 460 g/mol. The van der Waals surface area contributed by atoms with Gasteiger partial charge in [0.05, 0.1) is 26.2 Å². The number of methoxy groups -OCH3 is 2. The highest BCUT2D eigenvalue weighted by molar-refractivity contribution is 6.13. The van der Waals surface area contributed by atoms with Crippen LogP contribution in [0.4, 0.5) is 0 Å². The quantitative estimate of drug-likeness (QED) is 0.276. The Balaban J connectivity index is 1.65. The molecule has 10 nitrogen and oxygen atoms in total. The summed E-state index contributed by atoms with van der Waals surface area (Å²) < 4.78 is 28.4. The van der Waals surface area contributed by atoms with E-state index in [0.717, 1.165) is 5.56 Å². The summed E-state index contributed by atoms with van der Waals surface area (Å²) >= 11 is 0. The van der Waals surface area contributed by atoms with E-state index in [1.807, 2.05) is 0 Å². The monoisotopic (exact) mass is 484 g/mol. The van der Waals surface area contributed by atoms with Crippen LogP contribution in [0.1, 0.15) is 0 Å². The molecule has 184 valence electrons. The second-order valence-corrected chi connectivity index (χ2v) is 8.15. The zero-order valence-electron chi connectivity index (χ0n) is 18.8. The number of aliphatic hydroxyl groups excluding tert-OH is 3. The van der Waals surface area contributed by atoms with Crippen LogP contribution < -0.4 is 14.2 Å². The maximum atomic E-state index is 10.6. The van der Waals surface area contributed by atoms with Crippen molar-refractivity contribution in [3.8, 4) is 39.9 Å². The first-order valence-corrected chi connectivity index (χ1v) is 10.8. The predicted octanol–water partition coefficient (Wildman–Crippen LogP) is 2.50. The van der Waals surface area contributed by atoms with Gasteiger partial charge in [0.25, 0.3) is 0 Å². The Morgan fingerprint density at radius 2 is 1.66 bits per heavy atom. The number of aromatic hydroxyl groups is 2. The topological polar surface area (TPSA) is 151 Å². The van der Waals surface area contributed by atoms with Crippen molar-refractivity contribution in [1.82, 2.24) is 0 Å². The lowest BCUT2D eigenvalue weighted by molar-refractivity contribution is -0.117. The van der Waals surface area contributed by atoms with Gasteiger partial charge in [-0.25, -0.2) is 0 Å². The van der Waals surface area contributed by atoms with Gasteiger partial charge in [-0.3, -0.25) is 0 Å². The van der Waals surface area contributed by atoms with Crippen molar-refractivity contribution in [3.63, 3.8) is 0 Å². The summed E-state index contributed by atoms with van der Waals surface area (Å²) in [6.45, 7) is -0.504. The molecule has 0 unspecified atom stereocenters. The molecule has 10 heteroatoms. The van der Waals surface area contributed by atoms with E-state index in [2.05, 4.69) is 0 Å². The number of aliphatic hydroxyl groups is 3. The first-order valence-electron chi connectivity index (χ1n) is 10.8. The van der Waals surface area contributed by atoms with Crippen LogP contribution >= 0.6 is 0 Å². The Bertz CT molecular complexity index is 1380. The van der Waals surface area contributed by atoms with Crippen LogP contribution in [0.2, 0.25) is 0 Å². The first-order chi connectivity index (χ1) is 16.9. The van der Waals surface area contributed by atoms with E-state index < -0.39 is 31.2 Å². The van der Waals surface area contributed by atoms with Gasteiger partial charge in [-0.05, 0) is 29.8 Å². The number of phenolic OH excluding ortho intramolecular Hbond substituents is 2. The summed E-state index contributed by atoms with van der Waals surface area (Å²) in [6, 6.07) is 11.2. The molecule has 1 aliphatic heterocycles. The van der Waals surface area contributed by atoms with Crippen LogP contribution in [-0.2, 0) is 4.74 Å². The van der Waals surface area contributed by atoms with Gasteiger partial charge in [0.1, 0.15) is 35.4 Å². The molecule has 4 aromatic rings. The molecule has 1 aromatic heterocycles. The Morgan fingerprint density at radius 3 is 2.29 bits per heavy atom. The zero-order valence-corrected chi connectivity index (χ0v) is 18.8. The number of phenols is 2. The molecule has 0 spiro atoms. The highest BCUT2D eigenvalue weighted by Crippen LogP contribution is 2.48. The third-order valence-electron chi connectivity index (χ3n) is 6.09. The zero-order chi connectivity index (χ0) is 24.9. The Morgan fingerprint density at radius 1 is 0.914 bits per heavy atom. The van der Waals surface area contributed by atoms with Gasteiger partial charge in [-0.15, -0.1) is 0 Å². The minimum atomic E-state index is -1.43. The molecule has 1 fully saturated rings. The maximum Gasteiger partial charge on any atom is 0.229 e. The molecule has 0 saturated carbocycles. The van der Waals surface area contributed by atoms with Crippen LogP contribution in [0.3, 0.4) is 0 Å². The van der Waals surface area contributed by atoms with Crippen LogP contribution in [0, 0.1) is 0 Å². The highest BCUT2D eigenvalue weighted by atomic mass is 16.7. The number of hydrogen-bond acceptors (Lipinski definition) is 10. The highest BCUT2D eigenvalue weighted by Gasteiger charge is 2.44. The third kappa shape index (κ3) is 3.76. The number of hydrogen-bond donors (Lipinski definition) is 5. The van der Waals surface area contributed by atoms with Crippen LogP contribution in [-0.4, -0.2) is 71.0 Å². The fourth-order valence-electron chi connectivity index (χ4n) is 4.31. The number of benzene rings is 3. The van der Waals surface area contributed by atoms with Crippen molar-refractivity contribution >= 4 is 21.9 Å². The van der Waals surface area contributed by atoms with Gasteiger partial charge in [-0.1, -0.05) is 12.1 Å². The van der Waals surface area contributed by atoms with E-state index in [1.54, 1.807) is 30.3 Å². The molecule has 35 heavy (non-hydrogen) atoms. The van der Waals surface area contributed by atoms with Crippen molar-refractivity contribution in [2.24, 2.45) is 0 Å². The lowest BCUT2D eigenvalue weighted by atomic mass is 10.0. The molecule has 0 bridgehead atoms. The minimum Gasteiger partial charge on any atom is -0.508 e. The number of rotatable bonds is 6. The van der Waals surface area contributed by atoms with Gasteiger partial charge in [0, 0.05) is 17.0 Å². The molecule has 5 rings (SSSR count). The average molecular weight is 484 g/mol. The van der Waals surface area contributed by atoms with Crippen molar-refractivity contribution in [2.75, 3.05) is 20.8 Å². The number of fused-ring (bicyclic) bond motifs is 3. The van der Waals surface area contributed by atoms with E-state index in [0.29, 0.717) is 39.0 Å². The summed E-state index contributed by atoms with van der Waals surface area (Å²) in [5.74, 6) is 0.701. The molecule has 0 radical (unpaired) electrons. The molecule has 0 aliphatic carbocycles. The van der Waals surface area contributed by atoms with E-state index >= 15 is 0 Å². The lowest BCUT2D eigenvalue weighted by Gasteiger charge is -2.17. The molecule has 3 aromatic carbocycles. The van der Waals surface area contributed by atoms with Gasteiger partial charge >= 0.3 is 0 Å². The van der Waals surface area contributed by atoms with Crippen molar-refractivity contribution in [3.05, 3.63) is 42.5 Å². The Kier molecular flexibility index (Phi) is 5.81. The summed E-state index contributed by atoms with van der Waals surface area (Å²) in [6.07, 6.45) is -5.08. The second kappa shape index (κ2) is 8.82. The predicted molar refractivity (Wildman–Crippen MR) is 124 cm³/mol. The van der Waals surface area contributed by atoms with Gasteiger partial charge in [0.2, 0.25) is 6.29 Å². The maximum absolute atomic E-state index is 10.6. The fraction of sp³-hybridized carbons (Fsp3) is 0.280. The summed E-state index contributed by atoms with van der Waals surface area (Å²) in [5, 5.41) is 50.8. The summed E-state index contributed by atoms with van der Waals surface area (Å²) in [4.78, 5) is 0. The van der Waals surface area contributed by atoms with Gasteiger partial charge in [-0.2, -0.15) is 0 Å². The van der Waals surface area contributed by atoms with E-state index in [4.69, 9.17) is 23.4 Å². The first kappa shape index (κ1) is 23.1. The van der Waals surface area contributed by atoms with E-state index in [1.165, 1.54) is 26.4 Å². The molecule has 5 N–H and O–H groups in total. The molecule has 4 atom stereocenters. The van der Waals surface area contributed by atoms with E-state index in [-0.39, 0.29) is 17.2 Å². The third-order valence-corrected chi connectivity index (χ3v) is 6.09. The largest absolute Gasteiger partial charge is 0.508 e. The smallest absolute Gasteiger partial charge is 0.229 e. The van der Waals surface area contributed by atoms with Crippen LogP contribution in [0.5, 0.6) is 28.7 Å². The van der Waals surface area contributed by atoms with Crippen LogP contribution in [0.15, 0.2) is 46.9 Å². The van der Waals surface area contributed by atoms with Crippen molar-refractivity contribution < 1.29 is 48.9 Å². The molecule has 2 heterocycles. The molecule has 1 aliphatic rings. The average Bonchev–Trinajstić information content (AvgIpc) is 3.35. The SMILES string of the molecule is COc1c(-c2ccc(O)cc2)cc(OC)c2c1oc1cc(O)c(O[C@H]3O[C@@H](CO)[C@@H](O)[C@@H]3O)cc12. The normalized spacial score (nSPS) is 22.1. The summed E-state index contributed by atoms with van der Waals surface area (Å²) in [7, 11) is 3.02. The Labute approximate surface area is 199 Å². The Hall–Kier alpha value is -3.70. The fourth-order valence-corrected chi connectivity index (χ4v) is 4.31. The summed E-state index contributed by atoms with van der Waals surface area (Å²) in [5.41, 5.74) is 2.12. The lowest BCUT2D eigenvalue weighted by Crippen LogP contribution is -2.35. The van der Waals surface area contributed by atoms with Crippen molar-refractivity contribution in [1.29, 1.82) is 0 Å². The number of furan rings is 1. The van der Waals surface area contributed by atoms with Crippen LogP contribution in [0.25, 0.3) is 33.1 Å². The van der Waals surface area contributed by atoms with Gasteiger partial charge in [0.15, 0.2) is 22.8 Å².